The number of hydrogen-bond donors (Lipinski definition) is 5. The summed E-state index contributed by atoms with van der Waals surface area (Å²) >= 11 is 0. The predicted molar refractivity (Wildman–Crippen MR) is 145 cm³/mol. The van der Waals surface area contributed by atoms with Crippen LogP contribution in [0.15, 0.2) is 89.8 Å². The smallest absolute Gasteiger partial charge is 0.325 e. The predicted octanol–water partition coefficient (Wildman–Crippen LogP) is 0.156. The second-order valence-corrected chi connectivity index (χ2v) is 10.1. The van der Waals surface area contributed by atoms with Gasteiger partial charge in [-0.2, -0.15) is 0 Å². The number of primary sulfonamides is 1. The molecule has 0 saturated heterocycles. The molecule has 3 aromatic rings. The standard InChI is InChI=1S/C27H29N5O7S/c28-40(37,38)22-13-11-21(12-14-22)26(35)32-31-23(15-19-7-3-1-4-8-19)27(36)30-16-24(33)29-17-25(34)39-18-20-9-5-2-6-10-20/h1-14,23,31H,15-18H2,(H,29,33)(H,30,36)(H,32,35)(H2,28,37,38)/t23-/m1/s1. The molecule has 3 amide bonds. The lowest BCUT2D eigenvalue weighted by Gasteiger charge is -2.19. The van der Waals surface area contributed by atoms with Gasteiger partial charge in [-0.25, -0.2) is 19.0 Å². The average Bonchev–Trinajstić information content (AvgIpc) is 2.96. The molecule has 0 aliphatic rings. The lowest BCUT2D eigenvalue weighted by atomic mass is 10.1. The van der Waals surface area contributed by atoms with Crippen LogP contribution in [0.3, 0.4) is 0 Å². The van der Waals surface area contributed by atoms with Gasteiger partial charge in [-0.05, 0) is 41.8 Å². The van der Waals surface area contributed by atoms with E-state index < -0.39 is 46.3 Å². The maximum absolute atomic E-state index is 12.9. The van der Waals surface area contributed by atoms with Crippen molar-refractivity contribution in [1.82, 2.24) is 21.5 Å². The van der Waals surface area contributed by atoms with Crippen molar-refractivity contribution < 1.29 is 32.3 Å². The van der Waals surface area contributed by atoms with Gasteiger partial charge in [-0.3, -0.25) is 24.6 Å². The van der Waals surface area contributed by atoms with E-state index in [9.17, 15) is 27.6 Å². The average molecular weight is 568 g/mol. The molecule has 3 rings (SSSR count). The minimum absolute atomic E-state index is 0.0705. The summed E-state index contributed by atoms with van der Waals surface area (Å²) in [7, 11) is -3.91. The van der Waals surface area contributed by atoms with Gasteiger partial charge in [0.2, 0.25) is 21.8 Å². The molecule has 0 aliphatic carbocycles. The zero-order valence-electron chi connectivity index (χ0n) is 21.3. The molecule has 0 radical (unpaired) electrons. The SMILES string of the molecule is NS(=O)(=O)c1ccc(C(=O)NN[C@H](Cc2ccccc2)C(=O)NCC(=O)NCC(=O)OCc2ccccc2)cc1. The number of nitrogens with two attached hydrogens (primary N) is 1. The summed E-state index contributed by atoms with van der Waals surface area (Å²) in [5.41, 5.74) is 6.79. The van der Waals surface area contributed by atoms with Gasteiger partial charge in [0, 0.05) is 5.56 Å². The van der Waals surface area contributed by atoms with Gasteiger partial charge >= 0.3 is 5.97 Å². The number of amides is 3. The minimum atomic E-state index is -3.91. The molecule has 6 N–H and O–H groups in total. The molecule has 0 spiro atoms. The van der Waals surface area contributed by atoms with Gasteiger partial charge in [-0.1, -0.05) is 60.7 Å². The van der Waals surface area contributed by atoms with Crippen LogP contribution in [-0.4, -0.2) is 51.2 Å². The van der Waals surface area contributed by atoms with E-state index >= 15 is 0 Å². The number of ether oxygens (including phenoxy) is 1. The molecule has 0 aliphatic heterocycles. The quantitative estimate of drug-likeness (QED) is 0.143. The number of carbonyl (C=O) groups excluding carboxylic acids is 4. The zero-order valence-corrected chi connectivity index (χ0v) is 22.1. The molecule has 0 saturated carbocycles. The number of carbonyl (C=O) groups is 4. The topological polar surface area (TPSA) is 186 Å². The molecular formula is C27H29N5O7S. The first kappa shape index (κ1) is 30.0. The number of sulfonamides is 1. The van der Waals surface area contributed by atoms with Crippen molar-refractivity contribution in [1.29, 1.82) is 0 Å². The van der Waals surface area contributed by atoms with Crippen LogP contribution in [0.25, 0.3) is 0 Å². The summed E-state index contributed by atoms with van der Waals surface area (Å²) in [5.74, 6) is -2.46. The van der Waals surface area contributed by atoms with Crippen molar-refractivity contribution >= 4 is 33.7 Å². The highest BCUT2D eigenvalue weighted by Gasteiger charge is 2.21. The maximum atomic E-state index is 12.9. The van der Waals surface area contributed by atoms with Gasteiger partial charge in [0.05, 0.1) is 11.4 Å². The van der Waals surface area contributed by atoms with Crippen LogP contribution in [0, 0.1) is 0 Å². The van der Waals surface area contributed by atoms with Crippen LogP contribution in [0.1, 0.15) is 21.5 Å². The number of nitrogens with one attached hydrogen (secondary N) is 4. The highest BCUT2D eigenvalue weighted by Crippen LogP contribution is 2.09. The van der Waals surface area contributed by atoms with Gasteiger partial charge in [-0.15, -0.1) is 0 Å². The van der Waals surface area contributed by atoms with Crippen LogP contribution < -0.4 is 26.6 Å². The van der Waals surface area contributed by atoms with E-state index in [4.69, 9.17) is 9.88 Å². The Hall–Kier alpha value is -4.59. The third-order valence-electron chi connectivity index (χ3n) is 5.50. The number of benzene rings is 3. The van der Waals surface area contributed by atoms with Crippen molar-refractivity contribution in [3.8, 4) is 0 Å². The molecule has 0 aromatic heterocycles. The number of hydrazine groups is 1. The maximum Gasteiger partial charge on any atom is 0.325 e. The monoisotopic (exact) mass is 567 g/mol. The first-order chi connectivity index (χ1) is 19.1. The van der Waals surface area contributed by atoms with E-state index in [1.165, 1.54) is 24.3 Å². The lowest BCUT2D eigenvalue weighted by Crippen LogP contribution is -2.54. The molecule has 0 bridgehead atoms. The molecular weight excluding hydrogens is 538 g/mol. The Labute approximate surface area is 231 Å². The Morgan fingerprint density at radius 2 is 1.38 bits per heavy atom. The van der Waals surface area contributed by atoms with Gasteiger partial charge < -0.3 is 15.4 Å². The Morgan fingerprint density at radius 1 is 0.775 bits per heavy atom. The largest absolute Gasteiger partial charge is 0.460 e. The van der Waals surface area contributed by atoms with E-state index in [0.29, 0.717) is 0 Å². The Morgan fingerprint density at radius 3 is 1.98 bits per heavy atom. The fourth-order valence-corrected chi connectivity index (χ4v) is 3.91. The third kappa shape index (κ3) is 9.94. The van der Waals surface area contributed by atoms with Gasteiger partial charge in [0.25, 0.3) is 5.91 Å². The summed E-state index contributed by atoms with van der Waals surface area (Å²) in [6.45, 7) is -0.713. The molecule has 12 nitrogen and oxygen atoms in total. The van der Waals surface area contributed by atoms with E-state index in [1.807, 2.05) is 24.3 Å². The zero-order chi connectivity index (χ0) is 29.0. The van der Waals surface area contributed by atoms with Crippen molar-refractivity contribution in [3.05, 3.63) is 102 Å². The Kier molecular flexibility index (Phi) is 10.9. The number of esters is 1. The summed E-state index contributed by atoms with van der Waals surface area (Å²) in [5, 5.41) is 9.92. The van der Waals surface area contributed by atoms with Crippen LogP contribution in [0.5, 0.6) is 0 Å². The van der Waals surface area contributed by atoms with Crippen molar-refractivity contribution in [2.45, 2.75) is 24.0 Å². The van der Waals surface area contributed by atoms with Crippen LogP contribution >= 0.6 is 0 Å². The fourth-order valence-electron chi connectivity index (χ4n) is 3.39. The second-order valence-electron chi connectivity index (χ2n) is 8.55. The van der Waals surface area contributed by atoms with Crippen LogP contribution in [-0.2, 0) is 42.2 Å². The highest BCUT2D eigenvalue weighted by atomic mass is 32.2. The normalized spacial score (nSPS) is 11.6. The van der Waals surface area contributed by atoms with Crippen molar-refractivity contribution in [2.24, 2.45) is 5.14 Å². The molecule has 1 atom stereocenters. The molecule has 0 heterocycles. The summed E-state index contributed by atoms with van der Waals surface area (Å²) in [4.78, 5) is 49.3. The van der Waals surface area contributed by atoms with Gasteiger partial charge in [0.1, 0.15) is 19.2 Å². The van der Waals surface area contributed by atoms with E-state index in [2.05, 4.69) is 21.5 Å². The molecule has 13 heteroatoms. The van der Waals surface area contributed by atoms with Crippen molar-refractivity contribution in [3.63, 3.8) is 0 Å². The summed E-state index contributed by atoms with van der Waals surface area (Å²) < 4.78 is 27.9. The lowest BCUT2D eigenvalue weighted by molar-refractivity contribution is -0.145. The molecule has 0 fully saturated rings. The minimum Gasteiger partial charge on any atom is -0.460 e. The van der Waals surface area contributed by atoms with E-state index in [-0.39, 0.29) is 30.0 Å². The van der Waals surface area contributed by atoms with Crippen molar-refractivity contribution in [2.75, 3.05) is 13.1 Å². The van der Waals surface area contributed by atoms with E-state index in [0.717, 1.165) is 11.1 Å². The Balaban J connectivity index is 1.51. The second kappa shape index (κ2) is 14.5. The fraction of sp³-hybridized carbons (Fsp3) is 0.185. The molecule has 3 aromatic carbocycles. The summed E-state index contributed by atoms with van der Waals surface area (Å²) in [6, 6.07) is 22.0. The van der Waals surface area contributed by atoms with Crippen LogP contribution in [0.2, 0.25) is 0 Å². The Bertz CT molecular complexity index is 1420. The number of hydrogen-bond acceptors (Lipinski definition) is 8. The first-order valence-electron chi connectivity index (χ1n) is 12.1. The highest BCUT2D eigenvalue weighted by molar-refractivity contribution is 7.89. The van der Waals surface area contributed by atoms with Crippen LogP contribution in [0.4, 0.5) is 0 Å². The molecule has 210 valence electrons. The van der Waals surface area contributed by atoms with E-state index in [1.54, 1.807) is 36.4 Å². The molecule has 40 heavy (non-hydrogen) atoms. The van der Waals surface area contributed by atoms with Gasteiger partial charge in [0.15, 0.2) is 0 Å². The number of rotatable bonds is 13. The third-order valence-corrected chi connectivity index (χ3v) is 6.43. The first-order valence-corrected chi connectivity index (χ1v) is 13.6. The summed E-state index contributed by atoms with van der Waals surface area (Å²) in [6.07, 6.45) is 0.171. The molecule has 0 unspecified atom stereocenters.